The van der Waals surface area contributed by atoms with Gasteiger partial charge in [0.15, 0.2) is 0 Å². The molecule has 3 aromatic carbocycles. The molecule has 1 heterocycles. The van der Waals surface area contributed by atoms with Crippen molar-refractivity contribution in [1.82, 2.24) is 0 Å². The molecule has 1 aliphatic heterocycles. The molecule has 1 atom stereocenters. The second kappa shape index (κ2) is 7.09. The zero-order valence-corrected chi connectivity index (χ0v) is 15.5. The maximum absolute atomic E-state index is 12.8. The number of rotatable bonds is 3. The molecule has 0 aliphatic carbocycles. The van der Waals surface area contributed by atoms with E-state index in [0.717, 1.165) is 15.5 Å². The van der Waals surface area contributed by atoms with E-state index in [4.69, 9.17) is 0 Å². The SMILES string of the molecule is O=C1C=C(c2ccccc2)[As](c2ccccc2)C1=Cc1ccccc1. The standard InChI is InChI=1S/C23H17AsO/c25-23-17-21(19-12-6-2-7-13-19)24(20-14-8-3-9-15-20)22(23)16-18-10-4-1-5-11-18/h1-17H. The third-order valence-corrected chi connectivity index (χ3v) is 9.47. The van der Waals surface area contributed by atoms with Gasteiger partial charge in [-0.1, -0.05) is 0 Å². The molecule has 120 valence electrons. The van der Waals surface area contributed by atoms with Crippen molar-refractivity contribution in [1.29, 1.82) is 0 Å². The summed E-state index contributed by atoms with van der Waals surface area (Å²) in [5, 5.41) is 0. The van der Waals surface area contributed by atoms with Crippen LogP contribution in [0.2, 0.25) is 0 Å². The fraction of sp³-hybridized carbons (Fsp3) is 0. The number of carbonyl (C=O) groups excluding carboxylic acids is 1. The average Bonchev–Trinajstić information content (AvgIpc) is 3.00. The van der Waals surface area contributed by atoms with Crippen molar-refractivity contribution in [2.75, 3.05) is 0 Å². The normalized spacial score (nSPS) is 18.4. The predicted molar refractivity (Wildman–Crippen MR) is 106 cm³/mol. The van der Waals surface area contributed by atoms with Crippen LogP contribution < -0.4 is 4.35 Å². The van der Waals surface area contributed by atoms with E-state index in [2.05, 4.69) is 54.6 Å². The zero-order chi connectivity index (χ0) is 17.1. The molecular weight excluding hydrogens is 367 g/mol. The number of carbonyl (C=O) groups is 1. The summed E-state index contributed by atoms with van der Waals surface area (Å²) in [6, 6.07) is 30.9. The summed E-state index contributed by atoms with van der Waals surface area (Å²) in [6.07, 6.45) is 3.94. The topological polar surface area (TPSA) is 17.1 Å². The van der Waals surface area contributed by atoms with Gasteiger partial charge >= 0.3 is 153 Å². The van der Waals surface area contributed by atoms with Crippen LogP contribution in [-0.4, -0.2) is 20.4 Å². The minimum atomic E-state index is -1.84. The van der Waals surface area contributed by atoms with Crippen molar-refractivity contribution in [2.45, 2.75) is 0 Å². The Hall–Kier alpha value is -2.63. The van der Waals surface area contributed by atoms with Gasteiger partial charge in [-0.3, -0.25) is 0 Å². The molecule has 1 unspecified atom stereocenters. The van der Waals surface area contributed by atoms with Gasteiger partial charge in [0, 0.05) is 0 Å². The van der Waals surface area contributed by atoms with Gasteiger partial charge in [0.2, 0.25) is 0 Å². The molecular formula is C23H17AsO. The third kappa shape index (κ3) is 3.29. The van der Waals surface area contributed by atoms with Crippen molar-refractivity contribution >= 4 is 35.2 Å². The number of ketones is 1. The number of hydrogen-bond acceptors (Lipinski definition) is 1. The van der Waals surface area contributed by atoms with Crippen molar-refractivity contribution in [2.24, 2.45) is 0 Å². The third-order valence-electron chi connectivity index (χ3n) is 4.19. The summed E-state index contributed by atoms with van der Waals surface area (Å²) in [7, 11) is 0. The Morgan fingerprint density at radius 1 is 0.680 bits per heavy atom. The number of allylic oxidation sites excluding steroid dienone is 2. The fourth-order valence-electron chi connectivity index (χ4n) is 3.02. The molecule has 3 aromatic rings. The molecule has 0 aromatic heterocycles. The summed E-state index contributed by atoms with van der Waals surface area (Å²) < 4.78 is 3.48. The molecule has 0 N–H and O–H groups in total. The van der Waals surface area contributed by atoms with Gasteiger partial charge in [0.1, 0.15) is 0 Å². The molecule has 2 heteroatoms. The summed E-state index contributed by atoms with van der Waals surface area (Å²) in [6.45, 7) is 0. The number of hydrogen-bond donors (Lipinski definition) is 0. The molecule has 0 amide bonds. The Kier molecular flexibility index (Phi) is 4.50. The van der Waals surface area contributed by atoms with Crippen LogP contribution in [0, 0.1) is 0 Å². The van der Waals surface area contributed by atoms with Gasteiger partial charge in [0.25, 0.3) is 0 Å². The second-order valence-electron chi connectivity index (χ2n) is 5.87. The van der Waals surface area contributed by atoms with E-state index >= 15 is 0 Å². The first kappa shape index (κ1) is 15.9. The zero-order valence-electron chi connectivity index (χ0n) is 13.7. The maximum atomic E-state index is 12.8. The first-order chi connectivity index (χ1) is 12.3. The van der Waals surface area contributed by atoms with E-state index in [1.807, 2.05) is 48.5 Å². The van der Waals surface area contributed by atoms with Crippen molar-refractivity contribution in [3.05, 3.63) is 113 Å². The minimum absolute atomic E-state index is 0.159. The van der Waals surface area contributed by atoms with Crippen LogP contribution in [0.5, 0.6) is 0 Å². The van der Waals surface area contributed by atoms with E-state index in [9.17, 15) is 4.79 Å². The van der Waals surface area contributed by atoms with Gasteiger partial charge in [0.05, 0.1) is 0 Å². The molecule has 0 saturated heterocycles. The summed E-state index contributed by atoms with van der Waals surface area (Å²) in [4.78, 5) is 12.8. The predicted octanol–water partition coefficient (Wildman–Crippen LogP) is 4.22. The van der Waals surface area contributed by atoms with Crippen LogP contribution in [0.1, 0.15) is 11.1 Å². The first-order valence-corrected chi connectivity index (χ1v) is 11.1. The summed E-state index contributed by atoms with van der Waals surface area (Å²) in [5.74, 6) is 0.159. The summed E-state index contributed by atoms with van der Waals surface area (Å²) >= 11 is -1.84. The van der Waals surface area contributed by atoms with Gasteiger partial charge in [-0.25, -0.2) is 0 Å². The molecule has 0 spiro atoms. The van der Waals surface area contributed by atoms with E-state index in [1.165, 1.54) is 8.71 Å². The van der Waals surface area contributed by atoms with E-state index in [1.54, 1.807) is 0 Å². The first-order valence-electron chi connectivity index (χ1n) is 8.26. The van der Waals surface area contributed by atoms with Crippen LogP contribution >= 0.6 is 0 Å². The monoisotopic (exact) mass is 384 g/mol. The quantitative estimate of drug-likeness (QED) is 0.488. The molecule has 0 radical (unpaired) electrons. The van der Waals surface area contributed by atoms with E-state index in [-0.39, 0.29) is 5.78 Å². The van der Waals surface area contributed by atoms with Crippen molar-refractivity contribution in [3.8, 4) is 0 Å². The van der Waals surface area contributed by atoms with E-state index in [0.29, 0.717) is 0 Å². The van der Waals surface area contributed by atoms with Crippen LogP contribution in [0.3, 0.4) is 0 Å². The molecule has 0 fully saturated rings. The van der Waals surface area contributed by atoms with Crippen LogP contribution in [-0.2, 0) is 4.79 Å². The molecule has 0 saturated carbocycles. The van der Waals surface area contributed by atoms with Gasteiger partial charge in [-0.2, -0.15) is 0 Å². The molecule has 1 aliphatic rings. The second-order valence-corrected chi connectivity index (χ2v) is 10.4. The van der Waals surface area contributed by atoms with E-state index < -0.39 is 14.7 Å². The van der Waals surface area contributed by atoms with Crippen molar-refractivity contribution in [3.63, 3.8) is 0 Å². The van der Waals surface area contributed by atoms with Gasteiger partial charge < -0.3 is 0 Å². The van der Waals surface area contributed by atoms with Crippen LogP contribution in [0.4, 0.5) is 0 Å². The Morgan fingerprint density at radius 3 is 1.88 bits per heavy atom. The Morgan fingerprint density at radius 2 is 1.24 bits per heavy atom. The van der Waals surface area contributed by atoms with Crippen LogP contribution in [0.15, 0.2) is 101 Å². The molecule has 1 nitrogen and oxygen atoms in total. The molecule has 25 heavy (non-hydrogen) atoms. The number of benzene rings is 3. The summed E-state index contributed by atoms with van der Waals surface area (Å²) in [5.41, 5.74) is 2.25. The average molecular weight is 384 g/mol. The van der Waals surface area contributed by atoms with Gasteiger partial charge in [-0.15, -0.1) is 0 Å². The Balaban J connectivity index is 1.85. The molecule has 0 bridgehead atoms. The molecule has 4 rings (SSSR count). The van der Waals surface area contributed by atoms with Crippen LogP contribution in [0.25, 0.3) is 10.4 Å². The Bertz CT molecular complexity index is 941. The fourth-order valence-corrected chi connectivity index (χ4v) is 8.27. The van der Waals surface area contributed by atoms with Gasteiger partial charge in [-0.05, 0) is 0 Å². The van der Waals surface area contributed by atoms with Crippen molar-refractivity contribution < 1.29 is 4.79 Å². The Labute approximate surface area is 152 Å².